The van der Waals surface area contributed by atoms with E-state index in [1.165, 1.54) is 0 Å². The van der Waals surface area contributed by atoms with Crippen LogP contribution in [-0.4, -0.2) is 21.4 Å². The Balaban J connectivity index is 2.22. The number of aromatic amines is 1. The van der Waals surface area contributed by atoms with Crippen molar-refractivity contribution in [2.24, 2.45) is 0 Å². The average Bonchev–Trinajstić information content (AvgIpc) is 2.91. The highest BCUT2D eigenvalue weighted by Crippen LogP contribution is 2.27. The molecule has 2 amide bonds. The summed E-state index contributed by atoms with van der Waals surface area (Å²) in [4.78, 5) is 26.4. The van der Waals surface area contributed by atoms with Crippen LogP contribution < -0.4 is 5.32 Å². The maximum atomic E-state index is 11.8. The largest absolute Gasteiger partial charge is 0.337 e. The van der Waals surface area contributed by atoms with Gasteiger partial charge >= 0.3 is 0 Å². The minimum atomic E-state index is -0.365. The van der Waals surface area contributed by atoms with Gasteiger partial charge in [0.2, 0.25) is 0 Å². The van der Waals surface area contributed by atoms with E-state index in [9.17, 15) is 9.59 Å². The van der Waals surface area contributed by atoms with Gasteiger partial charge in [0.05, 0.1) is 11.1 Å². The SMILES string of the molecule is CC(C)(C)c1c[nH]c(=S)n1-c1ccc2c(c1)C(=O)NC2=O. The van der Waals surface area contributed by atoms with Gasteiger partial charge in [0.1, 0.15) is 0 Å². The highest BCUT2D eigenvalue weighted by molar-refractivity contribution is 7.71. The summed E-state index contributed by atoms with van der Waals surface area (Å²) in [5.41, 5.74) is 2.47. The van der Waals surface area contributed by atoms with Gasteiger partial charge in [0.15, 0.2) is 4.77 Å². The molecule has 0 aliphatic carbocycles. The predicted octanol–water partition coefficient (Wildman–Crippen LogP) is 2.72. The monoisotopic (exact) mass is 301 g/mol. The van der Waals surface area contributed by atoms with Crippen LogP contribution >= 0.6 is 12.2 Å². The molecular weight excluding hydrogens is 286 g/mol. The van der Waals surface area contributed by atoms with Crippen molar-refractivity contribution in [3.8, 4) is 5.69 Å². The molecule has 2 heterocycles. The molecule has 0 bridgehead atoms. The Kier molecular flexibility index (Phi) is 2.88. The summed E-state index contributed by atoms with van der Waals surface area (Å²) >= 11 is 5.34. The van der Waals surface area contributed by atoms with Crippen LogP contribution in [-0.2, 0) is 5.41 Å². The van der Waals surface area contributed by atoms with Crippen LogP contribution in [0.25, 0.3) is 5.69 Å². The van der Waals surface area contributed by atoms with E-state index in [1.807, 2.05) is 10.8 Å². The number of amides is 2. The van der Waals surface area contributed by atoms with Crippen LogP contribution in [0.2, 0.25) is 0 Å². The van der Waals surface area contributed by atoms with E-state index in [0.717, 1.165) is 11.4 Å². The van der Waals surface area contributed by atoms with Gasteiger partial charge in [-0.05, 0) is 30.4 Å². The Morgan fingerprint density at radius 1 is 1.10 bits per heavy atom. The Hall–Kier alpha value is -2.21. The molecular formula is C15H15N3O2S. The molecule has 2 aromatic rings. The number of rotatable bonds is 1. The van der Waals surface area contributed by atoms with Crippen molar-refractivity contribution in [2.45, 2.75) is 26.2 Å². The molecule has 0 unspecified atom stereocenters. The summed E-state index contributed by atoms with van der Waals surface area (Å²) in [6.45, 7) is 6.27. The number of hydrogen-bond donors (Lipinski definition) is 2. The molecule has 0 atom stereocenters. The first-order valence-corrected chi connectivity index (χ1v) is 7.01. The fourth-order valence-electron chi connectivity index (χ4n) is 2.47. The molecule has 1 aliphatic heterocycles. The second-order valence-corrected chi connectivity index (χ2v) is 6.46. The summed E-state index contributed by atoms with van der Waals surface area (Å²) in [6, 6.07) is 5.16. The Morgan fingerprint density at radius 3 is 2.43 bits per heavy atom. The third-order valence-corrected chi connectivity index (χ3v) is 3.82. The maximum absolute atomic E-state index is 11.8. The lowest BCUT2D eigenvalue weighted by molar-refractivity contribution is 0.0879. The third-order valence-electron chi connectivity index (χ3n) is 3.52. The van der Waals surface area contributed by atoms with Gasteiger partial charge in [-0.1, -0.05) is 20.8 Å². The van der Waals surface area contributed by atoms with Gasteiger partial charge in [-0.3, -0.25) is 19.5 Å². The zero-order chi connectivity index (χ0) is 15.4. The normalized spacial score (nSPS) is 14.2. The van der Waals surface area contributed by atoms with E-state index in [1.54, 1.807) is 18.2 Å². The molecule has 0 spiro atoms. The summed E-state index contributed by atoms with van der Waals surface area (Å²) < 4.78 is 2.45. The zero-order valence-corrected chi connectivity index (χ0v) is 12.8. The first kappa shape index (κ1) is 13.8. The van der Waals surface area contributed by atoms with Gasteiger partial charge in [-0.25, -0.2) is 0 Å². The van der Waals surface area contributed by atoms with Crippen molar-refractivity contribution in [1.82, 2.24) is 14.9 Å². The lowest BCUT2D eigenvalue weighted by atomic mass is 9.92. The minimum absolute atomic E-state index is 0.106. The van der Waals surface area contributed by atoms with Crippen molar-refractivity contribution in [2.75, 3.05) is 0 Å². The fourth-order valence-corrected chi connectivity index (χ4v) is 2.73. The molecule has 1 aliphatic rings. The lowest BCUT2D eigenvalue weighted by Gasteiger charge is -2.21. The Labute approximate surface area is 127 Å². The first-order chi connectivity index (χ1) is 9.79. The van der Waals surface area contributed by atoms with Gasteiger partial charge in [0.25, 0.3) is 11.8 Å². The molecule has 3 rings (SSSR count). The highest BCUT2D eigenvalue weighted by Gasteiger charge is 2.28. The van der Waals surface area contributed by atoms with Crippen LogP contribution in [0.1, 0.15) is 47.2 Å². The van der Waals surface area contributed by atoms with Crippen molar-refractivity contribution in [1.29, 1.82) is 0 Å². The molecule has 2 N–H and O–H groups in total. The molecule has 6 heteroatoms. The van der Waals surface area contributed by atoms with Crippen molar-refractivity contribution >= 4 is 24.0 Å². The van der Waals surface area contributed by atoms with E-state index < -0.39 is 0 Å². The number of benzene rings is 1. The Bertz CT molecular complexity index is 824. The number of fused-ring (bicyclic) bond motifs is 1. The summed E-state index contributed by atoms with van der Waals surface area (Å²) in [6.07, 6.45) is 1.88. The van der Waals surface area contributed by atoms with E-state index in [0.29, 0.717) is 15.9 Å². The fraction of sp³-hybridized carbons (Fsp3) is 0.267. The van der Waals surface area contributed by atoms with E-state index in [-0.39, 0.29) is 17.2 Å². The molecule has 0 fully saturated rings. The van der Waals surface area contributed by atoms with Gasteiger partial charge in [-0.2, -0.15) is 0 Å². The number of imide groups is 1. The number of hydrogen-bond acceptors (Lipinski definition) is 3. The number of imidazole rings is 1. The quantitative estimate of drug-likeness (QED) is 0.628. The topological polar surface area (TPSA) is 66.9 Å². The van der Waals surface area contributed by atoms with Crippen LogP contribution in [0.5, 0.6) is 0 Å². The van der Waals surface area contributed by atoms with E-state index in [2.05, 4.69) is 31.1 Å². The number of aromatic nitrogens is 2. The van der Waals surface area contributed by atoms with Crippen molar-refractivity contribution in [3.63, 3.8) is 0 Å². The molecule has 21 heavy (non-hydrogen) atoms. The van der Waals surface area contributed by atoms with Gasteiger partial charge in [-0.15, -0.1) is 0 Å². The number of H-pyrrole nitrogens is 1. The standard InChI is InChI=1S/C15H15N3O2S/c1-15(2,3)11-7-16-14(21)18(11)8-4-5-9-10(6-8)13(20)17-12(9)19/h4-7H,1-3H3,(H,16,21)(H,17,19,20). The van der Waals surface area contributed by atoms with E-state index in [4.69, 9.17) is 12.2 Å². The van der Waals surface area contributed by atoms with Crippen molar-refractivity contribution < 1.29 is 9.59 Å². The number of nitrogens with zero attached hydrogens (tertiary/aromatic N) is 1. The van der Waals surface area contributed by atoms with Crippen LogP contribution in [0.4, 0.5) is 0 Å². The maximum Gasteiger partial charge on any atom is 0.259 e. The number of nitrogens with one attached hydrogen (secondary N) is 2. The average molecular weight is 301 g/mol. The molecule has 5 nitrogen and oxygen atoms in total. The Morgan fingerprint density at radius 2 is 1.76 bits per heavy atom. The lowest BCUT2D eigenvalue weighted by Crippen LogP contribution is -2.19. The molecule has 0 saturated carbocycles. The van der Waals surface area contributed by atoms with Crippen LogP contribution in [0, 0.1) is 4.77 Å². The van der Waals surface area contributed by atoms with Crippen molar-refractivity contribution in [3.05, 3.63) is 46.0 Å². The zero-order valence-electron chi connectivity index (χ0n) is 12.0. The van der Waals surface area contributed by atoms with Gasteiger partial charge in [0, 0.05) is 23.0 Å². The second kappa shape index (κ2) is 4.39. The molecule has 1 aromatic carbocycles. The minimum Gasteiger partial charge on any atom is -0.337 e. The van der Waals surface area contributed by atoms with E-state index >= 15 is 0 Å². The summed E-state index contributed by atoms with van der Waals surface area (Å²) in [7, 11) is 0. The summed E-state index contributed by atoms with van der Waals surface area (Å²) in [5, 5.41) is 2.29. The smallest absolute Gasteiger partial charge is 0.259 e. The molecule has 0 saturated heterocycles. The molecule has 1 aromatic heterocycles. The number of carbonyl (C=O) groups is 2. The van der Waals surface area contributed by atoms with Gasteiger partial charge < -0.3 is 4.98 Å². The molecule has 108 valence electrons. The van der Waals surface area contributed by atoms with Crippen LogP contribution in [0.3, 0.4) is 0 Å². The third kappa shape index (κ3) is 2.12. The molecule has 0 radical (unpaired) electrons. The predicted molar refractivity (Wildman–Crippen MR) is 81.5 cm³/mol. The number of carbonyl (C=O) groups excluding carboxylic acids is 2. The van der Waals surface area contributed by atoms with Crippen LogP contribution in [0.15, 0.2) is 24.4 Å². The second-order valence-electron chi connectivity index (χ2n) is 6.08. The summed E-state index contributed by atoms with van der Waals surface area (Å²) in [5.74, 6) is -0.716. The first-order valence-electron chi connectivity index (χ1n) is 6.60. The highest BCUT2D eigenvalue weighted by atomic mass is 32.1.